The van der Waals surface area contributed by atoms with Crippen LogP contribution in [0.3, 0.4) is 0 Å². The van der Waals surface area contributed by atoms with E-state index in [2.05, 4.69) is 42.7 Å². The minimum Gasteiger partial charge on any atom is -0.462 e. The summed E-state index contributed by atoms with van der Waals surface area (Å²) in [6, 6.07) is 0. The second kappa shape index (κ2) is 44.1. The normalized spacial score (nSPS) is 13.4. The molecule has 0 radical (unpaired) electrons. The van der Waals surface area contributed by atoms with Gasteiger partial charge in [-0.15, -0.1) is 0 Å². The second-order valence-corrected chi connectivity index (χ2v) is 17.8. The molecule has 0 bridgehead atoms. The van der Waals surface area contributed by atoms with Gasteiger partial charge in [-0.1, -0.05) is 192 Å². The van der Waals surface area contributed by atoms with Crippen LogP contribution in [0.1, 0.15) is 245 Å². The maximum atomic E-state index is 12.5. The Bertz CT molecular complexity index is 983. The van der Waals surface area contributed by atoms with Gasteiger partial charge in [-0.3, -0.25) is 18.6 Å². The predicted molar refractivity (Wildman–Crippen MR) is 239 cm³/mol. The van der Waals surface area contributed by atoms with Crippen LogP contribution in [0.15, 0.2) is 24.3 Å². The van der Waals surface area contributed by atoms with Crippen molar-refractivity contribution in [2.75, 3.05) is 20.3 Å². The van der Waals surface area contributed by atoms with Gasteiger partial charge in [0.05, 0.1) is 6.61 Å². The van der Waals surface area contributed by atoms with Crippen LogP contribution in [-0.2, 0) is 32.7 Å². The number of ether oxygens (including phenoxy) is 2. The van der Waals surface area contributed by atoms with E-state index in [4.69, 9.17) is 14.0 Å². The summed E-state index contributed by atoms with van der Waals surface area (Å²) in [5.41, 5.74) is 0. The highest BCUT2D eigenvalue weighted by molar-refractivity contribution is 7.47. The van der Waals surface area contributed by atoms with Gasteiger partial charge in [0.1, 0.15) is 6.61 Å². The van der Waals surface area contributed by atoms with E-state index in [9.17, 15) is 19.0 Å². The van der Waals surface area contributed by atoms with Gasteiger partial charge in [-0.2, -0.15) is 0 Å². The molecule has 0 aliphatic rings. The lowest BCUT2D eigenvalue weighted by molar-refractivity contribution is -0.161. The molecule has 0 fully saturated rings. The molecule has 57 heavy (non-hydrogen) atoms. The van der Waals surface area contributed by atoms with Crippen LogP contribution in [0.4, 0.5) is 0 Å². The molecular weight excluding hydrogens is 735 g/mol. The van der Waals surface area contributed by atoms with E-state index in [-0.39, 0.29) is 25.4 Å². The van der Waals surface area contributed by atoms with Crippen LogP contribution >= 0.6 is 7.82 Å². The molecular formula is C48H91O8P. The number of hydrogen-bond donors (Lipinski definition) is 1. The van der Waals surface area contributed by atoms with E-state index >= 15 is 0 Å². The number of hydrogen-bond acceptors (Lipinski definition) is 7. The van der Waals surface area contributed by atoms with Crippen molar-refractivity contribution in [1.29, 1.82) is 0 Å². The van der Waals surface area contributed by atoms with Gasteiger partial charge in [0.25, 0.3) is 0 Å². The van der Waals surface area contributed by atoms with Crippen LogP contribution in [0.25, 0.3) is 0 Å². The Morgan fingerprint density at radius 3 is 1.14 bits per heavy atom. The molecule has 2 atom stereocenters. The van der Waals surface area contributed by atoms with Crippen molar-refractivity contribution < 1.29 is 37.6 Å². The fraction of sp³-hybridized carbons (Fsp3) is 0.875. The number of allylic oxidation sites excluding steroid dienone is 4. The summed E-state index contributed by atoms with van der Waals surface area (Å²) >= 11 is 0. The zero-order chi connectivity index (χ0) is 41.8. The quantitative estimate of drug-likeness (QED) is 0.0280. The Labute approximate surface area is 352 Å². The molecule has 0 rings (SSSR count). The Hall–Kier alpha value is -1.47. The van der Waals surface area contributed by atoms with E-state index in [1.807, 2.05) is 0 Å². The number of rotatable bonds is 45. The van der Waals surface area contributed by atoms with Crippen LogP contribution < -0.4 is 0 Å². The molecule has 0 aliphatic carbocycles. The lowest BCUT2D eigenvalue weighted by atomic mass is 10.0. The molecule has 0 aromatic heterocycles. The van der Waals surface area contributed by atoms with Crippen LogP contribution in [0.2, 0.25) is 0 Å². The third kappa shape index (κ3) is 43.9. The van der Waals surface area contributed by atoms with Crippen LogP contribution in [0.5, 0.6) is 0 Å². The third-order valence-electron chi connectivity index (χ3n) is 10.7. The highest BCUT2D eigenvalue weighted by Crippen LogP contribution is 2.42. The van der Waals surface area contributed by atoms with Crippen molar-refractivity contribution in [1.82, 2.24) is 0 Å². The molecule has 1 N–H and O–H groups in total. The standard InChI is InChI=1S/C48H91O8P/c1-4-6-8-10-12-14-16-18-20-21-22-23-24-25-26-27-29-31-33-35-37-39-41-43-48(50)56-46(45-55-57(51,52)53-3)44-54-47(49)42-40-38-36-34-32-30-28-19-17-15-13-11-9-7-5-2/h19,21-22,28,46H,4-18,20,23-27,29-45H2,1-3H3,(H,51,52)/b22-21-,28-19-. The molecule has 2 unspecified atom stereocenters. The number of phosphoric ester groups is 1. The summed E-state index contributed by atoms with van der Waals surface area (Å²) in [6.45, 7) is 3.90. The Morgan fingerprint density at radius 1 is 0.474 bits per heavy atom. The van der Waals surface area contributed by atoms with E-state index in [1.165, 1.54) is 167 Å². The maximum Gasteiger partial charge on any atom is 0.472 e. The predicted octanol–water partition coefficient (Wildman–Crippen LogP) is 15.4. The van der Waals surface area contributed by atoms with Gasteiger partial charge in [-0.25, -0.2) is 4.57 Å². The number of esters is 2. The monoisotopic (exact) mass is 827 g/mol. The minimum absolute atomic E-state index is 0.226. The molecule has 0 saturated heterocycles. The summed E-state index contributed by atoms with van der Waals surface area (Å²) < 4.78 is 32.1. The summed E-state index contributed by atoms with van der Waals surface area (Å²) in [5, 5.41) is 0. The summed E-state index contributed by atoms with van der Waals surface area (Å²) in [4.78, 5) is 34.6. The smallest absolute Gasteiger partial charge is 0.462 e. The van der Waals surface area contributed by atoms with Gasteiger partial charge < -0.3 is 14.4 Å². The molecule has 0 aromatic rings. The first-order chi connectivity index (χ1) is 27.8. The summed E-state index contributed by atoms with van der Waals surface area (Å²) in [7, 11) is -3.20. The third-order valence-corrected chi connectivity index (χ3v) is 11.6. The molecule has 336 valence electrons. The second-order valence-electron chi connectivity index (χ2n) is 16.2. The van der Waals surface area contributed by atoms with E-state index in [0.29, 0.717) is 6.42 Å². The molecule has 0 spiro atoms. The zero-order valence-electron chi connectivity index (χ0n) is 37.5. The fourth-order valence-electron chi connectivity index (χ4n) is 6.94. The Kier molecular flexibility index (Phi) is 43.0. The van der Waals surface area contributed by atoms with E-state index in [0.717, 1.165) is 52.1 Å². The van der Waals surface area contributed by atoms with Crippen molar-refractivity contribution in [3.05, 3.63) is 24.3 Å². The van der Waals surface area contributed by atoms with E-state index < -0.39 is 26.5 Å². The summed E-state index contributed by atoms with van der Waals surface area (Å²) in [5.74, 6) is -0.805. The Balaban J connectivity index is 3.90. The van der Waals surface area contributed by atoms with Crippen LogP contribution in [0, 0.1) is 0 Å². The average molecular weight is 827 g/mol. The van der Waals surface area contributed by atoms with Gasteiger partial charge in [0.2, 0.25) is 0 Å². The SMILES string of the molecule is CCCCCCCC/C=C\CCCCCCCC(=O)OCC(COP(=O)(O)OC)OC(=O)CCCCCCCCCCCCC/C=C\CCCCCCCCCC. The van der Waals surface area contributed by atoms with Crippen molar-refractivity contribution in [2.45, 2.75) is 251 Å². The summed E-state index contributed by atoms with van der Waals surface area (Å²) in [6.07, 6.45) is 51.0. The van der Waals surface area contributed by atoms with Crippen molar-refractivity contribution in [3.63, 3.8) is 0 Å². The van der Waals surface area contributed by atoms with Gasteiger partial charge >= 0.3 is 19.8 Å². The van der Waals surface area contributed by atoms with Crippen molar-refractivity contribution in [2.24, 2.45) is 0 Å². The molecule has 0 saturated carbocycles. The molecule has 0 heterocycles. The molecule has 0 aromatic carbocycles. The number of unbranched alkanes of at least 4 members (excludes halogenated alkanes) is 30. The number of carbonyl (C=O) groups is 2. The lowest BCUT2D eigenvalue weighted by Gasteiger charge is -2.19. The number of phosphoric acid groups is 1. The maximum absolute atomic E-state index is 12.5. The highest BCUT2D eigenvalue weighted by Gasteiger charge is 2.24. The van der Waals surface area contributed by atoms with Crippen molar-refractivity contribution >= 4 is 19.8 Å². The van der Waals surface area contributed by atoms with Crippen LogP contribution in [-0.4, -0.2) is 43.3 Å². The van der Waals surface area contributed by atoms with Gasteiger partial charge in [0, 0.05) is 20.0 Å². The van der Waals surface area contributed by atoms with Gasteiger partial charge in [0.15, 0.2) is 6.10 Å². The topological polar surface area (TPSA) is 108 Å². The first kappa shape index (κ1) is 55.5. The minimum atomic E-state index is -4.26. The first-order valence-electron chi connectivity index (χ1n) is 24.0. The molecule has 9 heteroatoms. The molecule has 0 aliphatic heterocycles. The van der Waals surface area contributed by atoms with Crippen molar-refractivity contribution in [3.8, 4) is 0 Å². The first-order valence-corrected chi connectivity index (χ1v) is 25.5. The largest absolute Gasteiger partial charge is 0.472 e. The molecule has 0 amide bonds. The van der Waals surface area contributed by atoms with E-state index in [1.54, 1.807) is 0 Å². The lowest BCUT2D eigenvalue weighted by Crippen LogP contribution is -2.29. The molecule has 8 nitrogen and oxygen atoms in total. The fourth-order valence-corrected chi connectivity index (χ4v) is 7.40. The zero-order valence-corrected chi connectivity index (χ0v) is 38.4. The Morgan fingerprint density at radius 2 is 0.789 bits per heavy atom. The average Bonchev–Trinajstić information content (AvgIpc) is 3.20. The van der Waals surface area contributed by atoms with Gasteiger partial charge in [-0.05, 0) is 64.2 Å². The number of carbonyl (C=O) groups excluding carboxylic acids is 2. The highest BCUT2D eigenvalue weighted by atomic mass is 31.2.